The van der Waals surface area contributed by atoms with Crippen molar-refractivity contribution in [1.82, 2.24) is 9.78 Å². The van der Waals surface area contributed by atoms with Gasteiger partial charge in [0.15, 0.2) is 0 Å². The molecule has 9 nitrogen and oxygen atoms in total. The number of nitrogens with two attached hydrogens (primary N) is 1. The highest BCUT2D eigenvalue weighted by Crippen LogP contribution is 2.42. The van der Waals surface area contributed by atoms with Gasteiger partial charge in [0.2, 0.25) is 11.8 Å². The van der Waals surface area contributed by atoms with E-state index < -0.39 is 12.0 Å². The molecule has 1 atom stereocenters. The molecule has 3 amide bonds. The Hall–Kier alpha value is -3.36. The number of fused-ring (bicyclic) bond motifs is 1. The molecule has 4 rings (SSSR count). The molecule has 1 aliphatic heterocycles. The quantitative estimate of drug-likeness (QED) is 0.791. The molecule has 0 unspecified atom stereocenters. The van der Waals surface area contributed by atoms with Crippen molar-refractivity contribution in [1.29, 1.82) is 0 Å². The third kappa shape index (κ3) is 4.26. The minimum Gasteiger partial charge on any atom is -0.446 e. The molecule has 2 aromatic rings. The van der Waals surface area contributed by atoms with Crippen molar-refractivity contribution in [3.8, 4) is 11.1 Å². The topological polar surface area (TPSA) is 111 Å². The van der Waals surface area contributed by atoms with Gasteiger partial charge in [0.1, 0.15) is 6.54 Å². The van der Waals surface area contributed by atoms with Crippen LogP contribution in [0.1, 0.15) is 33.6 Å². The lowest BCUT2D eigenvalue weighted by Crippen LogP contribution is -2.52. The number of aromatic nitrogens is 2. The average Bonchev–Trinajstić information content (AvgIpc) is 3.45. The summed E-state index contributed by atoms with van der Waals surface area (Å²) in [6.07, 6.45) is 4.49. The Bertz CT molecular complexity index is 1030. The smallest absolute Gasteiger partial charge is 0.414 e. The van der Waals surface area contributed by atoms with Gasteiger partial charge in [-0.3, -0.25) is 19.2 Å². The fourth-order valence-corrected chi connectivity index (χ4v) is 3.86. The lowest BCUT2D eigenvalue weighted by Gasteiger charge is -2.41. The molecule has 31 heavy (non-hydrogen) atoms. The normalized spacial score (nSPS) is 18.1. The number of amides is 3. The zero-order valence-electron chi connectivity index (χ0n) is 17.9. The highest BCUT2D eigenvalue weighted by atomic mass is 16.6. The highest BCUT2D eigenvalue weighted by Gasteiger charge is 2.41. The van der Waals surface area contributed by atoms with Gasteiger partial charge in [0, 0.05) is 24.2 Å². The monoisotopic (exact) mass is 425 g/mol. The van der Waals surface area contributed by atoms with E-state index in [1.54, 1.807) is 31.1 Å². The lowest BCUT2D eigenvalue weighted by atomic mass is 10.0. The van der Waals surface area contributed by atoms with Crippen molar-refractivity contribution in [2.75, 3.05) is 16.3 Å². The van der Waals surface area contributed by atoms with Crippen molar-refractivity contribution in [2.24, 2.45) is 11.7 Å². The number of ether oxygens (including phenoxy) is 1. The maximum Gasteiger partial charge on any atom is 0.414 e. The SMILES string of the molecule is CC(C)OC(=O)N1C[C@H](C)N(C(=O)C2CC2)c2ccc(-c3cnn(CC(N)=O)c3)cc21. The molecule has 2 heterocycles. The highest BCUT2D eigenvalue weighted by molar-refractivity contribution is 6.05. The van der Waals surface area contributed by atoms with E-state index >= 15 is 0 Å². The fourth-order valence-electron chi connectivity index (χ4n) is 3.86. The van der Waals surface area contributed by atoms with Gasteiger partial charge in [0.25, 0.3) is 0 Å². The third-order valence-corrected chi connectivity index (χ3v) is 5.42. The third-order valence-electron chi connectivity index (χ3n) is 5.42. The molecule has 0 radical (unpaired) electrons. The summed E-state index contributed by atoms with van der Waals surface area (Å²) < 4.78 is 6.92. The molecule has 1 aromatic carbocycles. The second-order valence-corrected chi connectivity index (χ2v) is 8.47. The summed E-state index contributed by atoms with van der Waals surface area (Å²) in [4.78, 5) is 40.4. The fraction of sp³-hybridized carbons (Fsp3) is 0.455. The van der Waals surface area contributed by atoms with Crippen molar-refractivity contribution in [3.63, 3.8) is 0 Å². The molecule has 1 aromatic heterocycles. The summed E-state index contributed by atoms with van der Waals surface area (Å²) in [5, 5.41) is 4.17. The minimum absolute atomic E-state index is 0.0149. The van der Waals surface area contributed by atoms with Crippen LogP contribution in [-0.2, 0) is 20.9 Å². The Balaban J connectivity index is 1.74. The Kier molecular flexibility index (Phi) is 5.43. The number of rotatable bonds is 5. The summed E-state index contributed by atoms with van der Waals surface area (Å²) in [5.41, 5.74) is 8.16. The average molecular weight is 425 g/mol. The predicted octanol–water partition coefficient (Wildman–Crippen LogP) is 2.53. The number of hydrogen-bond donors (Lipinski definition) is 1. The summed E-state index contributed by atoms with van der Waals surface area (Å²) in [6.45, 7) is 5.89. The van der Waals surface area contributed by atoms with Crippen LogP contribution in [0.15, 0.2) is 30.6 Å². The van der Waals surface area contributed by atoms with E-state index in [0.29, 0.717) is 17.9 Å². The van der Waals surface area contributed by atoms with Gasteiger partial charge >= 0.3 is 6.09 Å². The van der Waals surface area contributed by atoms with Crippen LogP contribution in [0.25, 0.3) is 11.1 Å². The van der Waals surface area contributed by atoms with Crippen LogP contribution in [0.2, 0.25) is 0 Å². The van der Waals surface area contributed by atoms with Crippen molar-refractivity contribution >= 4 is 29.3 Å². The zero-order valence-corrected chi connectivity index (χ0v) is 17.9. The Morgan fingerprint density at radius 2 is 1.94 bits per heavy atom. The van der Waals surface area contributed by atoms with E-state index in [4.69, 9.17) is 10.5 Å². The van der Waals surface area contributed by atoms with E-state index in [0.717, 1.165) is 24.0 Å². The minimum atomic E-state index is -0.481. The first-order valence-corrected chi connectivity index (χ1v) is 10.5. The molecule has 0 spiro atoms. The van der Waals surface area contributed by atoms with Crippen molar-refractivity contribution < 1.29 is 19.1 Å². The summed E-state index contributed by atoms with van der Waals surface area (Å²) in [6, 6.07) is 5.45. The lowest BCUT2D eigenvalue weighted by molar-refractivity contribution is -0.120. The molecular formula is C22H27N5O4. The number of primary amides is 1. The largest absolute Gasteiger partial charge is 0.446 e. The molecule has 0 bridgehead atoms. The van der Waals surface area contributed by atoms with Crippen LogP contribution in [0.4, 0.5) is 16.2 Å². The molecule has 9 heteroatoms. The number of carbonyl (C=O) groups excluding carboxylic acids is 3. The molecule has 1 aliphatic carbocycles. The number of nitrogens with zero attached hydrogens (tertiary/aromatic N) is 4. The maximum atomic E-state index is 13.0. The van der Waals surface area contributed by atoms with Gasteiger partial charge in [-0.2, -0.15) is 5.10 Å². The second-order valence-electron chi connectivity index (χ2n) is 8.47. The molecule has 0 saturated heterocycles. The molecule has 1 fully saturated rings. The first kappa shape index (κ1) is 20.9. The molecule has 2 aliphatic rings. The Morgan fingerprint density at radius 3 is 2.58 bits per heavy atom. The first-order chi connectivity index (χ1) is 14.7. The van der Waals surface area contributed by atoms with Crippen LogP contribution in [0, 0.1) is 5.92 Å². The molecule has 164 valence electrons. The van der Waals surface area contributed by atoms with Crippen LogP contribution in [0.5, 0.6) is 0 Å². The van der Waals surface area contributed by atoms with E-state index in [1.165, 1.54) is 4.68 Å². The van der Waals surface area contributed by atoms with Crippen LogP contribution in [0.3, 0.4) is 0 Å². The van der Waals surface area contributed by atoms with Gasteiger partial charge < -0.3 is 15.4 Å². The van der Waals surface area contributed by atoms with Crippen LogP contribution >= 0.6 is 0 Å². The van der Waals surface area contributed by atoms with Crippen LogP contribution < -0.4 is 15.5 Å². The molecule has 2 N–H and O–H groups in total. The number of hydrogen-bond acceptors (Lipinski definition) is 5. The van der Waals surface area contributed by atoms with E-state index in [1.807, 2.05) is 30.0 Å². The number of benzene rings is 1. The van der Waals surface area contributed by atoms with E-state index in [2.05, 4.69) is 5.10 Å². The van der Waals surface area contributed by atoms with Crippen LogP contribution in [-0.4, -0.2) is 46.4 Å². The van der Waals surface area contributed by atoms with E-state index in [-0.39, 0.29) is 30.5 Å². The summed E-state index contributed by atoms with van der Waals surface area (Å²) in [7, 11) is 0. The Labute approximate surface area is 180 Å². The molecular weight excluding hydrogens is 398 g/mol. The second kappa shape index (κ2) is 8.05. The first-order valence-electron chi connectivity index (χ1n) is 10.5. The number of anilines is 2. The summed E-state index contributed by atoms with van der Waals surface area (Å²) >= 11 is 0. The van der Waals surface area contributed by atoms with Crippen molar-refractivity contribution in [3.05, 3.63) is 30.6 Å². The van der Waals surface area contributed by atoms with Gasteiger partial charge in [-0.15, -0.1) is 0 Å². The van der Waals surface area contributed by atoms with Gasteiger partial charge in [-0.1, -0.05) is 6.07 Å². The van der Waals surface area contributed by atoms with Gasteiger partial charge in [-0.25, -0.2) is 4.79 Å². The predicted molar refractivity (Wildman–Crippen MR) is 115 cm³/mol. The van der Waals surface area contributed by atoms with E-state index in [9.17, 15) is 14.4 Å². The summed E-state index contributed by atoms with van der Waals surface area (Å²) in [5.74, 6) is -0.310. The standard InChI is InChI=1S/C22H27N5O4/c1-13(2)31-22(30)26-10-14(3)27(21(29)15-4-5-15)18-7-6-16(8-19(18)26)17-9-24-25(11-17)12-20(23)28/h6-9,11,13-15H,4-5,10,12H2,1-3H3,(H2,23,28)/t14-/m0/s1. The van der Waals surface area contributed by atoms with Gasteiger partial charge in [-0.05, 0) is 51.3 Å². The Morgan fingerprint density at radius 1 is 1.19 bits per heavy atom. The zero-order chi connectivity index (χ0) is 22.3. The maximum absolute atomic E-state index is 13.0. The van der Waals surface area contributed by atoms with Gasteiger partial charge in [0.05, 0.1) is 29.7 Å². The van der Waals surface area contributed by atoms with Crippen molar-refractivity contribution in [2.45, 2.75) is 52.3 Å². The molecule has 1 saturated carbocycles. The number of carbonyl (C=O) groups is 3.